The van der Waals surface area contributed by atoms with Gasteiger partial charge >= 0.3 is 5.97 Å². The molecule has 106 valence electrons. The predicted octanol–water partition coefficient (Wildman–Crippen LogP) is 3.51. The number of rotatable bonds is 4. The van der Waals surface area contributed by atoms with Gasteiger partial charge in [-0.05, 0) is 45.6 Å². The van der Waals surface area contributed by atoms with Gasteiger partial charge in [-0.15, -0.1) is 11.3 Å². The number of aryl methyl sites for hydroxylation is 1. The third-order valence-electron chi connectivity index (χ3n) is 3.84. The van der Waals surface area contributed by atoms with E-state index in [-0.39, 0.29) is 12.1 Å². The second kappa shape index (κ2) is 5.05. The highest BCUT2D eigenvalue weighted by atomic mass is 32.1. The van der Waals surface area contributed by atoms with Crippen LogP contribution in [0, 0.1) is 19.8 Å². The number of hydrogen-bond donors (Lipinski definition) is 0. The van der Waals surface area contributed by atoms with E-state index in [0.29, 0.717) is 11.5 Å². The van der Waals surface area contributed by atoms with E-state index in [1.54, 1.807) is 17.5 Å². The van der Waals surface area contributed by atoms with Crippen LogP contribution in [0.5, 0.6) is 0 Å². The summed E-state index contributed by atoms with van der Waals surface area (Å²) in [6.07, 6.45) is 4.14. The number of nitrogens with zero attached hydrogens (tertiary/aromatic N) is 2. The van der Waals surface area contributed by atoms with E-state index < -0.39 is 0 Å². The first-order chi connectivity index (χ1) is 9.58. The highest BCUT2D eigenvalue weighted by Gasteiger charge is 2.31. The van der Waals surface area contributed by atoms with Crippen LogP contribution in [0.15, 0.2) is 17.6 Å². The molecule has 1 aliphatic rings. The Balaban J connectivity index is 1.87. The first kappa shape index (κ1) is 13.4. The Labute approximate surface area is 122 Å². The third-order valence-corrected chi connectivity index (χ3v) is 4.60. The van der Waals surface area contributed by atoms with Crippen LogP contribution in [0.2, 0.25) is 0 Å². The van der Waals surface area contributed by atoms with Crippen molar-refractivity contribution in [2.24, 2.45) is 5.92 Å². The van der Waals surface area contributed by atoms with Crippen molar-refractivity contribution in [3.05, 3.63) is 34.6 Å². The molecule has 2 aromatic heterocycles. The molecular weight excluding hydrogens is 272 g/mol. The molecule has 2 aromatic rings. The van der Waals surface area contributed by atoms with Gasteiger partial charge in [-0.3, -0.25) is 4.57 Å². The van der Waals surface area contributed by atoms with Gasteiger partial charge in [-0.1, -0.05) is 0 Å². The topological polar surface area (TPSA) is 44.1 Å². The first-order valence-corrected chi connectivity index (χ1v) is 7.75. The summed E-state index contributed by atoms with van der Waals surface area (Å²) in [5.74, 6) is 0.335. The molecule has 3 rings (SSSR count). The smallest absolute Gasteiger partial charge is 0.340 e. The number of carbonyl (C=O) groups is 1. The average molecular weight is 290 g/mol. The summed E-state index contributed by atoms with van der Waals surface area (Å²) < 4.78 is 7.56. The van der Waals surface area contributed by atoms with Crippen LogP contribution in [0.4, 0.5) is 0 Å². The summed E-state index contributed by atoms with van der Waals surface area (Å²) in [6, 6.07) is 1.89. The summed E-state index contributed by atoms with van der Waals surface area (Å²) >= 11 is 1.56. The number of aromatic nitrogens is 2. The molecule has 20 heavy (non-hydrogen) atoms. The summed E-state index contributed by atoms with van der Waals surface area (Å²) in [7, 11) is 0. The number of esters is 1. The monoisotopic (exact) mass is 290 g/mol. The standard InChI is InChI=1S/C15H18N2O2S/c1-9-8-13(14(18)19-11(3)12-4-5-12)10(2)17(9)15-16-6-7-20-15/h6-8,11-12H,4-5H2,1-3H3. The Morgan fingerprint density at radius 2 is 2.25 bits per heavy atom. The molecule has 1 unspecified atom stereocenters. The molecule has 0 saturated heterocycles. The maximum Gasteiger partial charge on any atom is 0.340 e. The van der Waals surface area contributed by atoms with Crippen molar-refractivity contribution in [2.45, 2.75) is 39.7 Å². The third kappa shape index (κ3) is 2.38. The number of carbonyl (C=O) groups excluding carboxylic acids is 1. The van der Waals surface area contributed by atoms with Gasteiger partial charge < -0.3 is 4.74 Å². The average Bonchev–Trinajstić information content (AvgIpc) is 3.05. The van der Waals surface area contributed by atoms with Crippen molar-refractivity contribution in [1.29, 1.82) is 0 Å². The second-order valence-corrected chi connectivity index (χ2v) is 6.26. The fourth-order valence-electron chi connectivity index (χ4n) is 2.48. The molecule has 5 heteroatoms. The lowest BCUT2D eigenvalue weighted by Gasteiger charge is -2.12. The normalized spacial score (nSPS) is 16.1. The van der Waals surface area contributed by atoms with Crippen LogP contribution in [0.25, 0.3) is 5.13 Å². The number of thiazole rings is 1. The Morgan fingerprint density at radius 1 is 1.50 bits per heavy atom. The van der Waals surface area contributed by atoms with E-state index in [9.17, 15) is 4.79 Å². The van der Waals surface area contributed by atoms with Gasteiger partial charge in [0.25, 0.3) is 0 Å². The molecule has 2 heterocycles. The molecular formula is C15H18N2O2S. The van der Waals surface area contributed by atoms with Crippen LogP contribution in [0.3, 0.4) is 0 Å². The van der Waals surface area contributed by atoms with E-state index in [1.165, 1.54) is 12.8 Å². The Bertz CT molecular complexity index is 627. The molecule has 1 saturated carbocycles. The minimum Gasteiger partial charge on any atom is -0.459 e. The van der Waals surface area contributed by atoms with Crippen LogP contribution in [-0.2, 0) is 4.74 Å². The van der Waals surface area contributed by atoms with Crippen LogP contribution in [-0.4, -0.2) is 21.6 Å². The second-order valence-electron chi connectivity index (χ2n) is 5.38. The lowest BCUT2D eigenvalue weighted by atomic mass is 10.2. The molecule has 1 aliphatic carbocycles. The van der Waals surface area contributed by atoms with E-state index in [1.807, 2.05) is 36.8 Å². The highest BCUT2D eigenvalue weighted by molar-refractivity contribution is 7.12. The van der Waals surface area contributed by atoms with E-state index in [2.05, 4.69) is 4.98 Å². The summed E-state index contributed by atoms with van der Waals surface area (Å²) in [6.45, 7) is 5.90. The van der Waals surface area contributed by atoms with Crippen LogP contribution >= 0.6 is 11.3 Å². The van der Waals surface area contributed by atoms with Crippen molar-refractivity contribution in [3.8, 4) is 5.13 Å². The molecule has 0 spiro atoms. The molecule has 0 bridgehead atoms. The maximum atomic E-state index is 12.3. The molecule has 4 nitrogen and oxygen atoms in total. The van der Waals surface area contributed by atoms with Gasteiger partial charge in [-0.25, -0.2) is 9.78 Å². The number of hydrogen-bond acceptors (Lipinski definition) is 4. The van der Waals surface area contributed by atoms with Gasteiger partial charge in [0.2, 0.25) is 0 Å². The van der Waals surface area contributed by atoms with E-state index in [0.717, 1.165) is 16.5 Å². The Morgan fingerprint density at radius 3 is 2.85 bits per heavy atom. The minimum atomic E-state index is -0.222. The summed E-state index contributed by atoms with van der Waals surface area (Å²) in [4.78, 5) is 16.6. The lowest BCUT2D eigenvalue weighted by Crippen LogP contribution is -2.17. The van der Waals surface area contributed by atoms with Gasteiger partial charge in [0.15, 0.2) is 5.13 Å². The fraction of sp³-hybridized carbons (Fsp3) is 0.467. The zero-order chi connectivity index (χ0) is 14.3. The van der Waals surface area contributed by atoms with Gasteiger partial charge in [0, 0.05) is 23.0 Å². The van der Waals surface area contributed by atoms with E-state index in [4.69, 9.17) is 4.74 Å². The van der Waals surface area contributed by atoms with Crippen LogP contribution in [0.1, 0.15) is 41.5 Å². The van der Waals surface area contributed by atoms with Gasteiger partial charge in [-0.2, -0.15) is 0 Å². The van der Waals surface area contributed by atoms with Gasteiger partial charge in [0.1, 0.15) is 6.10 Å². The molecule has 1 fully saturated rings. The van der Waals surface area contributed by atoms with Crippen LogP contribution < -0.4 is 0 Å². The molecule has 0 N–H and O–H groups in total. The minimum absolute atomic E-state index is 0.0189. The SMILES string of the molecule is Cc1cc(C(=O)OC(C)C2CC2)c(C)n1-c1nccs1. The molecule has 0 radical (unpaired) electrons. The molecule has 0 aliphatic heterocycles. The predicted molar refractivity (Wildman–Crippen MR) is 78.5 cm³/mol. The summed E-state index contributed by atoms with van der Waals surface area (Å²) in [5.41, 5.74) is 2.54. The zero-order valence-electron chi connectivity index (χ0n) is 11.9. The molecule has 0 aromatic carbocycles. The van der Waals surface area contributed by atoms with Crippen molar-refractivity contribution in [2.75, 3.05) is 0 Å². The molecule has 0 amide bonds. The Hall–Kier alpha value is -1.62. The zero-order valence-corrected chi connectivity index (χ0v) is 12.7. The maximum absolute atomic E-state index is 12.3. The quantitative estimate of drug-likeness (QED) is 0.809. The molecule has 1 atom stereocenters. The van der Waals surface area contributed by atoms with E-state index >= 15 is 0 Å². The fourth-order valence-corrected chi connectivity index (χ4v) is 3.24. The summed E-state index contributed by atoms with van der Waals surface area (Å²) in [5, 5.41) is 2.82. The van der Waals surface area contributed by atoms with Crippen molar-refractivity contribution < 1.29 is 9.53 Å². The van der Waals surface area contributed by atoms with Crippen molar-refractivity contribution in [1.82, 2.24) is 9.55 Å². The largest absolute Gasteiger partial charge is 0.459 e. The van der Waals surface area contributed by atoms with Crippen molar-refractivity contribution in [3.63, 3.8) is 0 Å². The first-order valence-electron chi connectivity index (χ1n) is 6.87. The van der Waals surface area contributed by atoms with Crippen molar-refractivity contribution >= 4 is 17.3 Å². The highest BCUT2D eigenvalue weighted by Crippen LogP contribution is 2.34. The Kier molecular flexibility index (Phi) is 3.38. The number of ether oxygens (including phenoxy) is 1. The van der Waals surface area contributed by atoms with Gasteiger partial charge in [0.05, 0.1) is 5.56 Å². The lowest BCUT2D eigenvalue weighted by molar-refractivity contribution is 0.0294.